The van der Waals surface area contributed by atoms with Gasteiger partial charge in [0.15, 0.2) is 0 Å². The highest BCUT2D eigenvalue weighted by molar-refractivity contribution is 7.16. The highest BCUT2D eigenvalue weighted by atomic mass is 32.1. The van der Waals surface area contributed by atoms with E-state index in [-0.39, 0.29) is 11.5 Å². The highest BCUT2D eigenvalue weighted by Crippen LogP contribution is 2.13. The van der Waals surface area contributed by atoms with Gasteiger partial charge >= 0.3 is 0 Å². The number of nitrogens with zero attached hydrogens (tertiary/aromatic N) is 2. The maximum atomic E-state index is 12.1. The van der Waals surface area contributed by atoms with Gasteiger partial charge in [0.05, 0.1) is 5.39 Å². The summed E-state index contributed by atoms with van der Waals surface area (Å²) in [5, 5.41) is 4.37. The Balaban J connectivity index is 1.60. The Kier molecular flexibility index (Phi) is 4.12. The number of rotatable bonds is 5. The van der Waals surface area contributed by atoms with E-state index < -0.39 is 0 Å². The predicted octanol–water partition coefficient (Wildman–Crippen LogP) is 2.61. The van der Waals surface area contributed by atoms with Gasteiger partial charge in [0.25, 0.3) is 5.56 Å². The summed E-state index contributed by atoms with van der Waals surface area (Å²) < 4.78 is 1.16. The van der Waals surface area contributed by atoms with Crippen molar-refractivity contribution >= 4 is 38.8 Å². The van der Waals surface area contributed by atoms with E-state index in [4.69, 9.17) is 0 Å². The van der Waals surface area contributed by atoms with Gasteiger partial charge in [0.2, 0.25) is 5.91 Å². The monoisotopic (exact) mass is 319 g/mol. The number of fused-ring (bicyclic) bond motifs is 1. The lowest BCUT2D eigenvalue weighted by Crippen LogP contribution is -2.32. The zero-order valence-corrected chi connectivity index (χ0v) is 12.7. The third-order valence-electron chi connectivity index (χ3n) is 3.04. The molecule has 0 aliphatic carbocycles. The first-order valence-corrected chi connectivity index (χ1v) is 8.27. The molecule has 0 radical (unpaired) electrons. The van der Waals surface area contributed by atoms with Crippen molar-refractivity contribution in [2.75, 3.05) is 5.43 Å². The number of aryl methyl sites for hydroxylation is 1. The molecule has 0 fully saturated rings. The Hall–Kier alpha value is -1.99. The van der Waals surface area contributed by atoms with Crippen LogP contribution in [0.15, 0.2) is 40.1 Å². The molecule has 3 rings (SSSR count). The molecule has 0 saturated heterocycles. The van der Waals surface area contributed by atoms with E-state index >= 15 is 0 Å². The van der Waals surface area contributed by atoms with Crippen molar-refractivity contribution in [2.24, 2.45) is 0 Å². The molecule has 21 heavy (non-hydrogen) atoms. The molecule has 3 aromatic rings. The van der Waals surface area contributed by atoms with Crippen LogP contribution in [0, 0.1) is 0 Å². The van der Waals surface area contributed by atoms with Gasteiger partial charge in [-0.25, -0.2) is 9.66 Å². The second kappa shape index (κ2) is 6.19. The van der Waals surface area contributed by atoms with Crippen LogP contribution in [0.3, 0.4) is 0 Å². The minimum atomic E-state index is -0.243. The molecule has 1 N–H and O–H groups in total. The van der Waals surface area contributed by atoms with Gasteiger partial charge in [-0.2, -0.15) is 0 Å². The lowest BCUT2D eigenvalue weighted by atomic mass is 10.2. The van der Waals surface area contributed by atoms with E-state index in [1.807, 2.05) is 16.8 Å². The fourth-order valence-corrected chi connectivity index (χ4v) is 3.48. The second-order valence-electron chi connectivity index (χ2n) is 4.53. The molecule has 0 saturated carbocycles. The van der Waals surface area contributed by atoms with E-state index in [1.54, 1.807) is 17.4 Å². The molecule has 0 bridgehead atoms. The summed E-state index contributed by atoms with van der Waals surface area (Å²) in [6, 6.07) is 5.78. The molecular formula is C14H13N3O2S2. The van der Waals surface area contributed by atoms with Crippen molar-refractivity contribution in [3.63, 3.8) is 0 Å². The number of hydrogen-bond acceptors (Lipinski definition) is 5. The number of carbonyl (C=O) groups excluding carboxylic acids is 1. The van der Waals surface area contributed by atoms with Crippen LogP contribution < -0.4 is 11.0 Å². The van der Waals surface area contributed by atoms with E-state index in [0.717, 1.165) is 17.5 Å². The van der Waals surface area contributed by atoms with Crippen LogP contribution in [0.1, 0.15) is 17.7 Å². The van der Waals surface area contributed by atoms with Gasteiger partial charge < -0.3 is 0 Å². The average Bonchev–Trinajstić information content (AvgIpc) is 3.13. The average molecular weight is 319 g/mol. The van der Waals surface area contributed by atoms with Crippen molar-refractivity contribution in [2.45, 2.75) is 19.3 Å². The molecular weight excluding hydrogens is 306 g/mol. The predicted molar refractivity (Wildman–Crippen MR) is 85.5 cm³/mol. The van der Waals surface area contributed by atoms with Crippen LogP contribution in [0.2, 0.25) is 0 Å². The lowest BCUT2D eigenvalue weighted by molar-refractivity contribution is -0.117. The van der Waals surface area contributed by atoms with Gasteiger partial charge in [-0.3, -0.25) is 15.0 Å². The first-order valence-electron chi connectivity index (χ1n) is 6.51. The zero-order chi connectivity index (χ0) is 14.7. The van der Waals surface area contributed by atoms with Gasteiger partial charge in [0, 0.05) is 11.3 Å². The molecule has 0 aliphatic rings. The highest BCUT2D eigenvalue weighted by Gasteiger charge is 2.08. The lowest BCUT2D eigenvalue weighted by Gasteiger charge is -2.07. The molecule has 0 atom stereocenters. The van der Waals surface area contributed by atoms with Crippen LogP contribution in [0.4, 0.5) is 0 Å². The summed E-state index contributed by atoms with van der Waals surface area (Å²) in [5.74, 6) is -0.176. The summed E-state index contributed by atoms with van der Waals surface area (Å²) >= 11 is 3.09. The molecule has 0 aliphatic heterocycles. The third kappa shape index (κ3) is 3.20. The van der Waals surface area contributed by atoms with Crippen LogP contribution >= 0.6 is 22.7 Å². The van der Waals surface area contributed by atoms with E-state index in [2.05, 4.69) is 16.5 Å². The van der Waals surface area contributed by atoms with Crippen molar-refractivity contribution in [1.29, 1.82) is 0 Å². The number of thiophene rings is 2. The number of hydrogen-bond donors (Lipinski definition) is 1. The molecule has 3 aromatic heterocycles. The number of amides is 1. The van der Waals surface area contributed by atoms with Gasteiger partial charge in [0.1, 0.15) is 11.2 Å². The topological polar surface area (TPSA) is 64.0 Å². The van der Waals surface area contributed by atoms with E-state index in [1.165, 1.54) is 22.5 Å². The molecule has 5 nitrogen and oxygen atoms in total. The van der Waals surface area contributed by atoms with Crippen LogP contribution in [-0.4, -0.2) is 15.6 Å². The van der Waals surface area contributed by atoms with E-state index in [9.17, 15) is 9.59 Å². The minimum absolute atomic E-state index is 0.176. The Morgan fingerprint density at radius 3 is 3.00 bits per heavy atom. The Morgan fingerprint density at radius 1 is 1.29 bits per heavy atom. The standard InChI is InChI=1S/C14H13N3O2S2/c18-12(5-1-3-10-4-2-7-20-10)16-17-9-15-13-11(14(17)19)6-8-21-13/h2,4,6-9H,1,3,5H2,(H,16,18). The van der Waals surface area contributed by atoms with Gasteiger partial charge in [-0.05, 0) is 35.7 Å². The fraction of sp³-hybridized carbons (Fsp3) is 0.214. The smallest absolute Gasteiger partial charge is 0.273 e. The van der Waals surface area contributed by atoms with Crippen molar-refractivity contribution in [3.8, 4) is 0 Å². The van der Waals surface area contributed by atoms with Crippen LogP contribution in [0.5, 0.6) is 0 Å². The van der Waals surface area contributed by atoms with Crippen molar-refractivity contribution in [1.82, 2.24) is 9.66 Å². The minimum Gasteiger partial charge on any atom is -0.273 e. The normalized spacial score (nSPS) is 10.9. The summed E-state index contributed by atoms with van der Waals surface area (Å²) in [5.41, 5.74) is 2.34. The zero-order valence-electron chi connectivity index (χ0n) is 11.1. The number of aromatic nitrogens is 2. The molecule has 3 heterocycles. The Bertz CT molecular complexity index is 805. The SMILES string of the molecule is O=C(CCCc1cccs1)Nn1cnc2sccc2c1=O. The quantitative estimate of drug-likeness (QED) is 0.786. The van der Waals surface area contributed by atoms with Gasteiger partial charge in [-0.15, -0.1) is 22.7 Å². The molecule has 1 amide bonds. The summed E-state index contributed by atoms with van der Waals surface area (Å²) in [6.07, 6.45) is 3.38. The summed E-state index contributed by atoms with van der Waals surface area (Å²) in [4.78, 5) is 30.1. The molecule has 108 valence electrons. The summed E-state index contributed by atoms with van der Waals surface area (Å²) in [6.45, 7) is 0. The first-order chi connectivity index (χ1) is 10.2. The van der Waals surface area contributed by atoms with Crippen LogP contribution in [-0.2, 0) is 11.2 Å². The number of nitrogens with one attached hydrogen (secondary N) is 1. The first kappa shape index (κ1) is 14.0. The second-order valence-corrected chi connectivity index (χ2v) is 6.45. The van der Waals surface area contributed by atoms with Crippen LogP contribution in [0.25, 0.3) is 10.2 Å². The maximum absolute atomic E-state index is 12.1. The number of carbonyl (C=O) groups is 1. The summed E-state index contributed by atoms with van der Waals surface area (Å²) in [7, 11) is 0. The van der Waals surface area contributed by atoms with Gasteiger partial charge in [-0.1, -0.05) is 6.07 Å². The molecule has 0 aromatic carbocycles. The maximum Gasteiger partial charge on any atom is 0.280 e. The van der Waals surface area contributed by atoms with Crippen molar-refractivity contribution in [3.05, 3.63) is 50.5 Å². The van der Waals surface area contributed by atoms with Crippen molar-refractivity contribution < 1.29 is 4.79 Å². The molecule has 0 spiro atoms. The Labute approximate surface area is 128 Å². The third-order valence-corrected chi connectivity index (χ3v) is 4.79. The fourth-order valence-electron chi connectivity index (χ4n) is 2.00. The Morgan fingerprint density at radius 2 is 2.19 bits per heavy atom. The largest absolute Gasteiger partial charge is 0.280 e. The molecule has 0 unspecified atom stereocenters. The molecule has 7 heteroatoms. The van der Waals surface area contributed by atoms with E-state index in [0.29, 0.717) is 16.6 Å².